The van der Waals surface area contributed by atoms with Crippen LogP contribution in [0.15, 0.2) is 5.38 Å². The summed E-state index contributed by atoms with van der Waals surface area (Å²) in [5.74, 6) is -1.05. The van der Waals surface area contributed by atoms with Gasteiger partial charge in [-0.1, -0.05) is 0 Å². The van der Waals surface area contributed by atoms with E-state index in [0.29, 0.717) is 5.01 Å². The number of likely N-dealkylation sites (tertiary alicyclic amines) is 1. The lowest BCUT2D eigenvalue weighted by molar-refractivity contribution is 0.0691. The fraction of sp³-hybridized carbons (Fsp3) is 0.615. The zero-order valence-electron chi connectivity index (χ0n) is 11.5. The number of urea groups is 1. The third-order valence-corrected chi connectivity index (χ3v) is 4.64. The second-order valence-corrected chi connectivity index (χ2v) is 6.41. The number of carbonyl (C=O) groups is 2. The molecule has 2 aliphatic rings. The Hall–Kier alpha value is -1.67. The Bertz CT molecular complexity index is 543. The molecule has 7 nitrogen and oxygen atoms in total. The maximum atomic E-state index is 11.8. The average Bonchev–Trinajstić information content (AvgIpc) is 3.00. The molecule has 1 aromatic rings. The van der Waals surface area contributed by atoms with Gasteiger partial charge in [0.1, 0.15) is 5.01 Å². The summed E-state index contributed by atoms with van der Waals surface area (Å²) in [4.78, 5) is 28.9. The van der Waals surface area contributed by atoms with Crippen molar-refractivity contribution in [3.8, 4) is 0 Å². The van der Waals surface area contributed by atoms with Crippen LogP contribution in [0.25, 0.3) is 0 Å². The van der Waals surface area contributed by atoms with Crippen LogP contribution in [0.3, 0.4) is 0 Å². The fourth-order valence-electron chi connectivity index (χ4n) is 2.56. The first kappa shape index (κ1) is 14.3. The monoisotopic (exact) mass is 310 g/mol. The van der Waals surface area contributed by atoms with Crippen LogP contribution in [0, 0.1) is 0 Å². The number of aromatic carboxylic acids is 1. The predicted octanol–water partition coefficient (Wildman–Crippen LogP) is 0.877. The van der Waals surface area contributed by atoms with Crippen molar-refractivity contribution >= 4 is 23.3 Å². The molecule has 3 N–H and O–H groups in total. The van der Waals surface area contributed by atoms with E-state index in [2.05, 4.69) is 20.5 Å². The maximum absolute atomic E-state index is 11.8. The molecule has 2 fully saturated rings. The van der Waals surface area contributed by atoms with E-state index in [4.69, 9.17) is 5.11 Å². The van der Waals surface area contributed by atoms with Gasteiger partial charge in [0.15, 0.2) is 5.69 Å². The molecule has 0 spiro atoms. The molecule has 1 atom stereocenters. The molecule has 8 heteroatoms. The van der Waals surface area contributed by atoms with Crippen molar-refractivity contribution in [2.45, 2.75) is 37.9 Å². The number of carboxylic acids is 1. The SMILES string of the molecule is O=C(NCc1nc(C(=O)O)cs1)NC1CCN(C2CC2)C1. The minimum atomic E-state index is -1.05. The number of aromatic nitrogens is 1. The van der Waals surface area contributed by atoms with E-state index in [1.54, 1.807) is 0 Å². The van der Waals surface area contributed by atoms with Crippen molar-refractivity contribution in [2.75, 3.05) is 13.1 Å². The van der Waals surface area contributed by atoms with Gasteiger partial charge in [0.2, 0.25) is 0 Å². The zero-order chi connectivity index (χ0) is 14.8. The molecular weight excluding hydrogens is 292 g/mol. The fourth-order valence-corrected chi connectivity index (χ4v) is 3.27. The van der Waals surface area contributed by atoms with Crippen LogP contribution >= 0.6 is 11.3 Å². The van der Waals surface area contributed by atoms with Gasteiger partial charge < -0.3 is 15.7 Å². The number of nitrogens with zero attached hydrogens (tertiary/aromatic N) is 2. The van der Waals surface area contributed by atoms with Crippen molar-refractivity contribution in [1.29, 1.82) is 0 Å². The van der Waals surface area contributed by atoms with Crippen LogP contribution in [0.5, 0.6) is 0 Å². The number of thiazole rings is 1. The first-order chi connectivity index (χ1) is 10.1. The second kappa shape index (κ2) is 5.98. The van der Waals surface area contributed by atoms with Gasteiger partial charge in [-0.2, -0.15) is 0 Å². The topological polar surface area (TPSA) is 94.6 Å². The average molecular weight is 310 g/mol. The van der Waals surface area contributed by atoms with Crippen molar-refractivity contribution in [3.05, 3.63) is 16.1 Å². The number of hydrogen-bond donors (Lipinski definition) is 3. The minimum Gasteiger partial charge on any atom is -0.476 e. The number of nitrogens with one attached hydrogen (secondary N) is 2. The van der Waals surface area contributed by atoms with Crippen LogP contribution in [0.1, 0.15) is 34.8 Å². The molecule has 1 saturated heterocycles. The van der Waals surface area contributed by atoms with E-state index in [1.165, 1.54) is 29.6 Å². The van der Waals surface area contributed by atoms with E-state index in [9.17, 15) is 9.59 Å². The molecule has 0 aromatic carbocycles. The number of carboxylic acid groups (broad SMARTS) is 1. The number of rotatable bonds is 5. The quantitative estimate of drug-likeness (QED) is 0.750. The van der Waals surface area contributed by atoms with Gasteiger partial charge in [-0.05, 0) is 19.3 Å². The van der Waals surface area contributed by atoms with Crippen molar-refractivity contribution < 1.29 is 14.7 Å². The molecule has 0 bridgehead atoms. The minimum absolute atomic E-state index is 0.0214. The Morgan fingerprint density at radius 1 is 1.43 bits per heavy atom. The normalized spacial score (nSPS) is 22.2. The van der Waals surface area contributed by atoms with Crippen molar-refractivity contribution in [3.63, 3.8) is 0 Å². The highest BCUT2D eigenvalue weighted by Gasteiger charge is 2.34. The summed E-state index contributed by atoms with van der Waals surface area (Å²) in [6, 6.07) is 0.728. The van der Waals surface area contributed by atoms with Gasteiger partial charge in [-0.3, -0.25) is 4.90 Å². The van der Waals surface area contributed by atoms with E-state index in [0.717, 1.165) is 25.6 Å². The second-order valence-electron chi connectivity index (χ2n) is 5.47. The van der Waals surface area contributed by atoms with Gasteiger partial charge in [-0.25, -0.2) is 14.6 Å². The molecule has 3 rings (SSSR count). The van der Waals surface area contributed by atoms with Crippen molar-refractivity contribution in [1.82, 2.24) is 20.5 Å². The third-order valence-electron chi connectivity index (χ3n) is 3.79. The number of amides is 2. The van der Waals surface area contributed by atoms with Gasteiger partial charge >= 0.3 is 12.0 Å². The summed E-state index contributed by atoms with van der Waals surface area (Å²) in [7, 11) is 0. The number of carbonyl (C=O) groups excluding carboxylic acids is 1. The van der Waals surface area contributed by atoms with E-state index in [1.807, 2.05) is 0 Å². The van der Waals surface area contributed by atoms with Crippen LogP contribution in [0.2, 0.25) is 0 Å². The Labute approximate surface area is 126 Å². The summed E-state index contributed by atoms with van der Waals surface area (Å²) in [5, 5.41) is 16.5. The Morgan fingerprint density at radius 2 is 2.24 bits per heavy atom. The largest absolute Gasteiger partial charge is 0.476 e. The van der Waals surface area contributed by atoms with Gasteiger partial charge in [0.25, 0.3) is 0 Å². The molecular formula is C13H18N4O3S. The van der Waals surface area contributed by atoms with Crippen molar-refractivity contribution in [2.24, 2.45) is 0 Å². The molecule has 1 aromatic heterocycles. The lowest BCUT2D eigenvalue weighted by Crippen LogP contribution is -2.43. The molecule has 1 saturated carbocycles. The van der Waals surface area contributed by atoms with E-state index >= 15 is 0 Å². The molecule has 2 amide bonds. The zero-order valence-corrected chi connectivity index (χ0v) is 12.4. The lowest BCUT2D eigenvalue weighted by atomic mass is 10.3. The van der Waals surface area contributed by atoms with Crippen LogP contribution in [0.4, 0.5) is 4.79 Å². The first-order valence-corrected chi connectivity index (χ1v) is 7.96. The standard InChI is InChI=1S/C13H18N4O3S/c18-12(19)10-7-21-11(16-10)5-14-13(20)15-8-3-4-17(6-8)9-1-2-9/h7-9H,1-6H2,(H,18,19)(H2,14,15,20). The molecule has 2 heterocycles. The Morgan fingerprint density at radius 3 is 2.90 bits per heavy atom. The molecule has 0 radical (unpaired) electrons. The summed E-state index contributed by atoms with van der Waals surface area (Å²) in [6.45, 7) is 2.24. The van der Waals surface area contributed by atoms with Gasteiger partial charge in [0, 0.05) is 30.6 Å². The highest BCUT2D eigenvalue weighted by Crippen LogP contribution is 2.29. The lowest BCUT2D eigenvalue weighted by Gasteiger charge is -2.15. The predicted molar refractivity (Wildman–Crippen MR) is 77.4 cm³/mol. The van der Waals surface area contributed by atoms with Gasteiger partial charge in [0.05, 0.1) is 6.54 Å². The van der Waals surface area contributed by atoms with Crippen LogP contribution < -0.4 is 10.6 Å². The maximum Gasteiger partial charge on any atom is 0.355 e. The molecule has 1 aliphatic carbocycles. The summed E-state index contributed by atoms with van der Waals surface area (Å²) >= 11 is 1.23. The Balaban J connectivity index is 1.40. The summed E-state index contributed by atoms with van der Waals surface area (Å²) in [6.07, 6.45) is 3.56. The van der Waals surface area contributed by atoms with E-state index in [-0.39, 0.29) is 24.3 Å². The smallest absolute Gasteiger partial charge is 0.355 e. The summed E-state index contributed by atoms with van der Waals surface area (Å²) in [5.41, 5.74) is 0.0214. The third kappa shape index (κ3) is 3.70. The van der Waals surface area contributed by atoms with Gasteiger partial charge in [-0.15, -0.1) is 11.3 Å². The molecule has 21 heavy (non-hydrogen) atoms. The molecule has 1 aliphatic heterocycles. The molecule has 114 valence electrons. The summed E-state index contributed by atoms with van der Waals surface area (Å²) < 4.78 is 0. The van der Waals surface area contributed by atoms with E-state index < -0.39 is 5.97 Å². The highest BCUT2D eigenvalue weighted by atomic mass is 32.1. The van der Waals surface area contributed by atoms with Crippen LogP contribution in [-0.2, 0) is 6.54 Å². The first-order valence-electron chi connectivity index (χ1n) is 7.08. The number of hydrogen-bond acceptors (Lipinski definition) is 5. The van der Waals surface area contributed by atoms with Crippen LogP contribution in [-0.4, -0.2) is 52.2 Å². The highest BCUT2D eigenvalue weighted by molar-refractivity contribution is 7.09. The Kier molecular flexibility index (Phi) is 4.07. The molecule has 1 unspecified atom stereocenters.